The zero-order valence-electron chi connectivity index (χ0n) is 9.69. The second-order valence-corrected chi connectivity index (χ2v) is 5.13. The number of nitro groups is 1. The summed E-state index contributed by atoms with van der Waals surface area (Å²) in [4.78, 5) is 10.8. The van der Waals surface area contributed by atoms with Gasteiger partial charge in [0.25, 0.3) is 5.69 Å². The molecule has 2 aliphatic heterocycles. The van der Waals surface area contributed by atoms with Crippen molar-refractivity contribution in [2.45, 2.75) is 31.7 Å². The van der Waals surface area contributed by atoms with Crippen molar-refractivity contribution < 1.29 is 4.92 Å². The lowest BCUT2D eigenvalue weighted by atomic mass is 9.81. The monoisotopic (exact) mass is 232 g/mol. The largest absolute Gasteiger partial charge is 0.313 e. The Labute approximate surface area is 100 Å². The lowest BCUT2D eigenvalue weighted by molar-refractivity contribution is -0.385. The van der Waals surface area contributed by atoms with Crippen LogP contribution in [0.5, 0.6) is 0 Å². The van der Waals surface area contributed by atoms with Crippen LogP contribution in [0.25, 0.3) is 0 Å². The fourth-order valence-corrected chi connectivity index (χ4v) is 3.10. The molecule has 1 aromatic rings. The zero-order valence-corrected chi connectivity index (χ0v) is 9.69. The van der Waals surface area contributed by atoms with Crippen LogP contribution in [0.2, 0.25) is 0 Å². The first-order valence-electron chi connectivity index (χ1n) is 6.22. The Hall–Kier alpha value is -1.42. The zero-order chi connectivity index (χ0) is 11.8. The SMILES string of the molecule is O=[N+]([O-])c1cccc2c1CC1CCC(CN1)C2. The Kier molecular flexibility index (Phi) is 2.59. The summed E-state index contributed by atoms with van der Waals surface area (Å²) in [6.07, 6.45) is 4.19. The topological polar surface area (TPSA) is 55.2 Å². The lowest BCUT2D eigenvalue weighted by Crippen LogP contribution is -2.42. The molecule has 4 heteroatoms. The van der Waals surface area contributed by atoms with Crippen molar-refractivity contribution >= 4 is 5.69 Å². The molecule has 2 bridgehead atoms. The molecule has 0 spiro atoms. The summed E-state index contributed by atoms with van der Waals surface area (Å²) in [5, 5.41) is 14.6. The number of nitro benzene ring substituents is 1. The van der Waals surface area contributed by atoms with E-state index in [-0.39, 0.29) is 4.92 Å². The molecule has 0 aromatic heterocycles. The first-order chi connectivity index (χ1) is 8.24. The van der Waals surface area contributed by atoms with E-state index in [1.54, 1.807) is 6.07 Å². The van der Waals surface area contributed by atoms with E-state index in [0.717, 1.165) is 31.4 Å². The minimum Gasteiger partial charge on any atom is -0.313 e. The van der Waals surface area contributed by atoms with Crippen LogP contribution in [0.3, 0.4) is 0 Å². The summed E-state index contributed by atoms with van der Waals surface area (Å²) in [5.74, 6) is 0.646. The summed E-state index contributed by atoms with van der Waals surface area (Å²) in [6, 6.07) is 5.93. The van der Waals surface area contributed by atoms with Crippen molar-refractivity contribution in [3.8, 4) is 0 Å². The first-order valence-corrected chi connectivity index (χ1v) is 6.22. The van der Waals surface area contributed by atoms with Crippen molar-refractivity contribution in [3.05, 3.63) is 39.4 Å². The average Bonchev–Trinajstić information content (AvgIpc) is 2.28. The Bertz CT molecular complexity index is 451. The fourth-order valence-electron chi connectivity index (χ4n) is 3.10. The van der Waals surface area contributed by atoms with E-state index in [9.17, 15) is 10.1 Å². The van der Waals surface area contributed by atoms with Crippen LogP contribution >= 0.6 is 0 Å². The average molecular weight is 232 g/mol. The molecule has 1 aromatic carbocycles. The summed E-state index contributed by atoms with van der Waals surface area (Å²) in [6.45, 7) is 1.06. The molecule has 1 aliphatic carbocycles. The predicted octanol–water partition coefficient (Wildman–Crippen LogP) is 2.06. The molecular weight excluding hydrogens is 216 g/mol. The third-order valence-corrected chi connectivity index (χ3v) is 4.02. The standard InChI is InChI=1S/C13H16N2O2/c16-15(17)13-3-1-2-10-6-9-4-5-11(14-8-9)7-12(10)13/h1-3,9,11,14H,4-8H2. The molecule has 4 nitrogen and oxygen atoms in total. The Balaban J connectivity index is 2.06. The number of benzene rings is 1. The van der Waals surface area contributed by atoms with Gasteiger partial charge in [-0.05, 0) is 43.7 Å². The maximum Gasteiger partial charge on any atom is 0.272 e. The van der Waals surface area contributed by atoms with Gasteiger partial charge in [0.1, 0.15) is 0 Å². The molecule has 3 aliphatic rings. The summed E-state index contributed by atoms with van der Waals surface area (Å²) in [5.41, 5.74) is 2.45. The third kappa shape index (κ3) is 1.93. The maximum absolute atomic E-state index is 11.1. The highest BCUT2D eigenvalue weighted by atomic mass is 16.6. The molecular formula is C13H16N2O2. The highest BCUT2D eigenvalue weighted by molar-refractivity contribution is 5.46. The number of nitrogens with one attached hydrogen (secondary N) is 1. The van der Waals surface area contributed by atoms with Crippen molar-refractivity contribution in [2.75, 3.05) is 6.54 Å². The number of rotatable bonds is 1. The maximum atomic E-state index is 11.1. The van der Waals surface area contributed by atoms with E-state index in [0.29, 0.717) is 17.6 Å². The van der Waals surface area contributed by atoms with E-state index in [4.69, 9.17) is 0 Å². The molecule has 0 saturated carbocycles. The van der Waals surface area contributed by atoms with Crippen LogP contribution in [0, 0.1) is 16.0 Å². The van der Waals surface area contributed by atoms with Crippen LogP contribution in [-0.4, -0.2) is 17.5 Å². The summed E-state index contributed by atoms with van der Waals surface area (Å²) >= 11 is 0. The summed E-state index contributed by atoms with van der Waals surface area (Å²) < 4.78 is 0. The van der Waals surface area contributed by atoms with Gasteiger partial charge in [-0.3, -0.25) is 10.1 Å². The number of nitrogens with zero attached hydrogens (tertiary/aromatic N) is 1. The van der Waals surface area contributed by atoms with Gasteiger partial charge < -0.3 is 5.32 Å². The van der Waals surface area contributed by atoms with Gasteiger partial charge in [0.2, 0.25) is 0 Å². The molecule has 2 heterocycles. The number of hydrogen-bond donors (Lipinski definition) is 1. The Morgan fingerprint density at radius 1 is 1.29 bits per heavy atom. The van der Waals surface area contributed by atoms with Gasteiger partial charge in [0, 0.05) is 17.7 Å². The minimum absolute atomic E-state index is 0.242. The molecule has 1 N–H and O–H groups in total. The fraction of sp³-hybridized carbons (Fsp3) is 0.538. The second kappa shape index (κ2) is 4.11. The van der Waals surface area contributed by atoms with E-state index < -0.39 is 0 Å². The predicted molar refractivity (Wildman–Crippen MR) is 65.0 cm³/mol. The second-order valence-electron chi connectivity index (χ2n) is 5.13. The normalized spacial score (nSPS) is 27.1. The smallest absolute Gasteiger partial charge is 0.272 e. The van der Waals surface area contributed by atoms with E-state index in [1.807, 2.05) is 6.07 Å². The van der Waals surface area contributed by atoms with E-state index in [1.165, 1.54) is 12.0 Å². The minimum atomic E-state index is -0.242. The van der Waals surface area contributed by atoms with E-state index in [2.05, 4.69) is 11.4 Å². The van der Waals surface area contributed by atoms with Crippen LogP contribution in [0.1, 0.15) is 24.0 Å². The highest BCUT2D eigenvalue weighted by Gasteiger charge is 2.29. The van der Waals surface area contributed by atoms with Gasteiger partial charge in [-0.1, -0.05) is 12.1 Å². The van der Waals surface area contributed by atoms with Crippen molar-refractivity contribution in [1.82, 2.24) is 5.32 Å². The van der Waals surface area contributed by atoms with Crippen LogP contribution in [0.4, 0.5) is 5.69 Å². The quantitative estimate of drug-likeness (QED) is 0.595. The van der Waals surface area contributed by atoms with Crippen LogP contribution in [0.15, 0.2) is 18.2 Å². The third-order valence-electron chi connectivity index (χ3n) is 4.02. The Morgan fingerprint density at radius 2 is 2.18 bits per heavy atom. The molecule has 17 heavy (non-hydrogen) atoms. The molecule has 90 valence electrons. The molecule has 0 radical (unpaired) electrons. The molecule has 1 saturated heterocycles. The molecule has 1 fully saturated rings. The van der Waals surface area contributed by atoms with Gasteiger partial charge in [-0.15, -0.1) is 0 Å². The number of fused-ring (bicyclic) bond motifs is 2. The van der Waals surface area contributed by atoms with E-state index >= 15 is 0 Å². The van der Waals surface area contributed by atoms with Gasteiger partial charge in [0.05, 0.1) is 4.92 Å². The van der Waals surface area contributed by atoms with Gasteiger partial charge in [-0.2, -0.15) is 0 Å². The number of hydrogen-bond acceptors (Lipinski definition) is 3. The molecule has 2 unspecified atom stereocenters. The molecule has 2 atom stereocenters. The van der Waals surface area contributed by atoms with Gasteiger partial charge in [0.15, 0.2) is 0 Å². The highest BCUT2D eigenvalue weighted by Crippen LogP contribution is 2.32. The van der Waals surface area contributed by atoms with Gasteiger partial charge >= 0.3 is 0 Å². The van der Waals surface area contributed by atoms with Gasteiger partial charge in [-0.25, -0.2) is 0 Å². The first kappa shape index (κ1) is 10.7. The Morgan fingerprint density at radius 3 is 2.88 bits per heavy atom. The van der Waals surface area contributed by atoms with Crippen molar-refractivity contribution in [2.24, 2.45) is 5.92 Å². The van der Waals surface area contributed by atoms with Crippen LogP contribution in [-0.2, 0) is 12.8 Å². The lowest BCUT2D eigenvalue weighted by Gasteiger charge is -2.33. The number of piperidine rings is 1. The molecule has 4 rings (SSSR count). The summed E-state index contributed by atoms with van der Waals surface area (Å²) in [7, 11) is 0. The van der Waals surface area contributed by atoms with Crippen LogP contribution < -0.4 is 5.32 Å². The molecule has 0 amide bonds. The van der Waals surface area contributed by atoms with Crippen molar-refractivity contribution in [1.29, 1.82) is 0 Å². The van der Waals surface area contributed by atoms with Crippen molar-refractivity contribution in [3.63, 3.8) is 0 Å².